The van der Waals surface area contributed by atoms with Gasteiger partial charge in [0, 0.05) is 13.2 Å². The number of hydrogen-bond donors (Lipinski definition) is 0. The van der Waals surface area contributed by atoms with E-state index in [2.05, 4.69) is 28.5 Å². The van der Waals surface area contributed by atoms with E-state index in [-0.39, 0.29) is 0 Å². The molecule has 1 aromatic carbocycles. The third kappa shape index (κ3) is 2.99. The minimum atomic E-state index is -0.442. The summed E-state index contributed by atoms with van der Waals surface area (Å²) in [5.74, 6) is 0. The van der Waals surface area contributed by atoms with Gasteiger partial charge in [-0.2, -0.15) is 0 Å². The van der Waals surface area contributed by atoms with Crippen molar-refractivity contribution in [2.75, 3.05) is 13.2 Å². The van der Waals surface area contributed by atoms with Crippen molar-refractivity contribution < 1.29 is 9.47 Å². The first-order valence-electron chi connectivity index (χ1n) is 7.59. The molecule has 0 saturated heterocycles. The van der Waals surface area contributed by atoms with Crippen LogP contribution in [-0.2, 0) is 22.3 Å². The zero-order valence-corrected chi connectivity index (χ0v) is 12.6. The standard InChI is InChI=1S/C16H21N3O2/c1-3-20-16(21-4-2)15-11-19(18-17-15)14-9-8-12-6-5-7-13(12)10-14/h8-11,16H,3-7H2,1-2H3. The zero-order valence-electron chi connectivity index (χ0n) is 12.6. The minimum Gasteiger partial charge on any atom is -0.347 e. The van der Waals surface area contributed by atoms with Crippen LogP contribution in [0.15, 0.2) is 24.4 Å². The summed E-state index contributed by atoms with van der Waals surface area (Å²) >= 11 is 0. The number of aromatic nitrogens is 3. The van der Waals surface area contributed by atoms with E-state index in [4.69, 9.17) is 9.47 Å². The summed E-state index contributed by atoms with van der Waals surface area (Å²) in [6.07, 6.45) is 5.04. The SMILES string of the molecule is CCOC(OCC)c1cn(-c2ccc3c(c2)CCC3)nn1. The van der Waals surface area contributed by atoms with Crippen LogP contribution in [-0.4, -0.2) is 28.2 Å². The highest BCUT2D eigenvalue weighted by Crippen LogP contribution is 2.24. The maximum Gasteiger partial charge on any atom is 0.204 e. The van der Waals surface area contributed by atoms with Crippen molar-refractivity contribution in [3.05, 3.63) is 41.2 Å². The second-order valence-corrected chi connectivity index (χ2v) is 5.14. The minimum absolute atomic E-state index is 0.442. The first kappa shape index (κ1) is 14.2. The lowest BCUT2D eigenvalue weighted by Gasteiger charge is -2.13. The first-order chi connectivity index (χ1) is 10.3. The molecule has 112 valence electrons. The summed E-state index contributed by atoms with van der Waals surface area (Å²) in [7, 11) is 0. The van der Waals surface area contributed by atoms with Crippen LogP contribution >= 0.6 is 0 Å². The van der Waals surface area contributed by atoms with E-state index in [1.54, 1.807) is 4.68 Å². The molecule has 0 radical (unpaired) electrons. The number of fused-ring (bicyclic) bond motifs is 1. The van der Waals surface area contributed by atoms with E-state index in [1.165, 1.54) is 24.0 Å². The van der Waals surface area contributed by atoms with Gasteiger partial charge in [-0.25, -0.2) is 4.68 Å². The molecule has 0 amide bonds. The fourth-order valence-electron chi connectivity index (χ4n) is 2.73. The molecule has 21 heavy (non-hydrogen) atoms. The number of ether oxygens (including phenoxy) is 2. The molecule has 0 N–H and O–H groups in total. The van der Waals surface area contributed by atoms with Crippen LogP contribution in [0.25, 0.3) is 5.69 Å². The molecule has 0 saturated carbocycles. The number of rotatable bonds is 6. The fourth-order valence-corrected chi connectivity index (χ4v) is 2.73. The Kier molecular flexibility index (Phi) is 4.31. The number of aryl methyl sites for hydroxylation is 2. The third-order valence-corrected chi connectivity index (χ3v) is 3.74. The van der Waals surface area contributed by atoms with Crippen molar-refractivity contribution in [3.8, 4) is 5.69 Å². The van der Waals surface area contributed by atoms with E-state index in [9.17, 15) is 0 Å². The van der Waals surface area contributed by atoms with Crippen LogP contribution in [0, 0.1) is 0 Å². The Morgan fingerprint density at radius 2 is 1.90 bits per heavy atom. The van der Waals surface area contributed by atoms with Crippen molar-refractivity contribution >= 4 is 0 Å². The molecule has 1 aromatic heterocycles. The molecule has 1 aliphatic carbocycles. The van der Waals surface area contributed by atoms with E-state index >= 15 is 0 Å². The maximum atomic E-state index is 5.55. The molecule has 0 atom stereocenters. The molecule has 0 bridgehead atoms. The van der Waals surface area contributed by atoms with Crippen LogP contribution in [0.3, 0.4) is 0 Å². The average molecular weight is 287 g/mol. The molecule has 3 rings (SSSR count). The Morgan fingerprint density at radius 3 is 2.67 bits per heavy atom. The Morgan fingerprint density at radius 1 is 1.14 bits per heavy atom. The van der Waals surface area contributed by atoms with Gasteiger partial charge >= 0.3 is 0 Å². The topological polar surface area (TPSA) is 49.2 Å². The summed E-state index contributed by atoms with van der Waals surface area (Å²) in [5.41, 5.74) is 4.64. The molecule has 2 aromatic rings. The fraction of sp³-hybridized carbons (Fsp3) is 0.500. The van der Waals surface area contributed by atoms with Gasteiger partial charge < -0.3 is 9.47 Å². The Hall–Kier alpha value is -1.72. The lowest BCUT2D eigenvalue weighted by molar-refractivity contribution is -0.142. The monoisotopic (exact) mass is 287 g/mol. The normalized spacial score (nSPS) is 13.9. The van der Waals surface area contributed by atoms with Crippen LogP contribution < -0.4 is 0 Å². The van der Waals surface area contributed by atoms with Crippen molar-refractivity contribution in [1.29, 1.82) is 0 Å². The summed E-state index contributed by atoms with van der Waals surface area (Å²) in [5, 5.41) is 8.39. The van der Waals surface area contributed by atoms with Gasteiger partial charge in [0.25, 0.3) is 0 Å². The zero-order chi connectivity index (χ0) is 14.7. The van der Waals surface area contributed by atoms with Crippen LogP contribution in [0.5, 0.6) is 0 Å². The molecule has 5 heteroatoms. The highest BCUT2D eigenvalue weighted by Gasteiger charge is 2.17. The van der Waals surface area contributed by atoms with Crippen molar-refractivity contribution in [2.45, 2.75) is 39.4 Å². The smallest absolute Gasteiger partial charge is 0.204 e. The van der Waals surface area contributed by atoms with E-state index in [0.29, 0.717) is 18.9 Å². The molecule has 0 fully saturated rings. The van der Waals surface area contributed by atoms with Crippen LogP contribution in [0.1, 0.15) is 43.4 Å². The van der Waals surface area contributed by atoms with Gasteiger partial charge in [-0.1, -0.05) is 11.3 Å². The highest BCUT2D eigenvalue weighted by atomic mass is 16.7. The lowest BCUT2D eigenvalue weighted by atomic mass is 10.1. The molecule has 5 nitrogen and oxygen atoms in total. The maximum absolute atomic E-state index is 5.55. The average Bonchev–Trinajstić information content (AvgIpc) is 3.15. The third-order valence-electron chi connectivity index (χ3n) is 3.74. The van der Waals surface area contributed by atoms with Gasteiger partial charge in [0.1, 0.15) is 5.69 Å². The van der Waals surface area contributed by atoms with Gasteiger partial charge in [0.15, 0.2) is 0 Å². The molecule has 0 spiro atoms. The number of nitrogens with zero attached hydrogens (tertiary/aromatic N) is 3. The molecular formula is C16H21N3O2. The summed E-state index contributed by atoms with van der Waals surface area (Å²) < 4.78 is 12.9. The Balaban J connectivity index is 1.83. The van der Waals surface area contributed by atoms with Gasteiger partial charge in [-0.05, 0) is 56.4 Å². The highest BCUT2D eigenvalue weighted by molar-refractivity contribution is 5.42. The molecule has 1 aliphatic rings. The number of hydrogen-bond acceptors (Lipinski definition) is 4. The predicted octanol–water partition coefficient (Wildman–Crippen LogP) is 2.83. The molecule has 0 aliphatic heterocycles. The quantitative estimate of drug-likeness (QED) is 0.767. The summed E-state index contributed by atoms with van der Waals surface area (Å²) in [6.45, 7) is 5.04. The van der Waals surface area contributed by atoms with Crippen molar-refractivity contribution in [2.24, 2.45) is 0 Å². The summed E-state index contributed by atoms with van der Waals surface area (Å²) in [4.78, 5) is 0. The second-order valence-electron chi connectivity index (χ2n) is 5.14. The van der Waals surface area contributed by atoms with Gasteiger partial charge in [0.05, 0.1) is 11.9 Å². The van der Waals surface area contributed by atoms with Crippen LogP contribution in [0.4, 0.5) is 0 Å². The van der Waals surface area contributed by atoms with Crippen molar-refractivity contribution in [1.82, 2.24) is 15.0 Å². The molecule has 0 unspecified atom stereocenters. The van der Waals surface area contributed by atoms with Gasteiger partial charge in [-0.3, -0.25) is 0 Å². The van der Waals surface area contributed by atoms with Crippen molar-refractivity contribution in [3.63, 3.8) is 0 Å². The van der Waals surface area contributed by atoms with E-state index in [0.717, 1.165) is 12.1 Å². The van der Waals surface area contributed by atoms with E-state index < -0.39 is 6.29 Å². The molecular weight excluding hydrogens is 266 g/mol. The lowest BCUT2D eigenvalue weighted by Crippen LogP contribution is -2.09. The largest absolute Gasteiger partial charge is 0.347 e. The summed E-state index contributed by atoms with van der Waals surface area (Å²) in [6, 6.07) is 6.50. The number of benzene rings is 1. The second kappa shape index (κ2) is 6.37. The van der Waals surface area contributed by atoms with Gasteiger partial charge in [-0.15, -0.1) is 5.10 Å². The Bertz CT molecular complexity index is 603. The first-order valence-corrected chi connectivity index (χ1v) is 7.59. The van der Waals surface area contributed by atoms with E-state index in [1.807, 2.05) is 20.0 Å². The van der Waals surface area contributed by atoms with Crippen LogP contribution in [0.2, 0.25) is 0 Å². The van der Waals surface area contributed by atoms with Gasteiger partial charge in [0.2, 0.25) is 6.29 Å². The predicted molar refractivity (Wildman–Crippen MR) is 79.4 cm³/mol. The molecule has 1 heterocycles. The Labute approximate surface area is 124 Å².